The van der Waals surface area contributed by atoms with E-state index in [0.717, 1.165) is 5.56 Å². The van der Waals surface area contributed by atoms with E-state index in [4.69, 9.17) is 4.42 Å². The normalized spacial score (nSPS) is 10.6. The maximum atomic E-state index is 11.4. The number of carbonyl (C=O) groups is 1. The fraction of sp³-hybridized carbons (Fsp3) is 0.0833. The Morgan fingerprint density at radius 3 is 3.06 bits per heavy atom. The van der Waals surface area contributed by atoms with Crippen molar-refractivity contribution in [2.24, 2.45) is 0 Å². The zero-order chi connectivity index (χ0) is 12.1. The Morgan fingerprint density at radius 2 is 2.35 bits per heavy atom. The monoisotopic (exact) mass is 229 g/mol. The molecular formula is C12H11N3O2. The van der Waals surface area contributed by atoms with Gasteiger partial charge in [0.15, 0.2) is 0 Å². The highest BCUT2D eigenvalue weighted by molar-refractivity contribution is 5.99. The van der Waals surface area contributed by atoms with Crippen LogP contribution in [0.5, 0.6) is 0 Å². The van der Waals surface area contributed by atoms with Crippen molar-refractivity contribution in [3.05, 3.63) is 42.8 Å². The molecule has 0 spiro atoms. The lowest BCUT2D eigenvalue weighted by molar-refractivity contribution is -0.111. The van der Waals surface area contributed by atoms with Gasteiger partial charge in [0.1, 0.15) is 0 Å². The first-order valence-corrected chi connectivity index (χ1v) is 5.10. The van der Waals surface area contributed by atoms with Crippen LogP contribution in [0.15, 0.2) is 47.2 Å². The van der Waals surface area contributed by atoms with Crippen LogP contribution in [0, 0.1) is 0 Å². The Bertz CT molecular complexity index is 532. The van der Waals surface area contributed by atoms with E-state index in [9.17, 15) is 4.79 Å². The molecule has 0 saturated heterocycles. The van der Waals surface area contributed by atoms with Crippen molar-refractivity contribution < 1.29 is 9.21 Å². The zero-order valence-corrected chi connectivity index (χ0v) is 9.25. The Labute approximate surface area is 98.2 Å². The van der Waals surface area contributed by atoms with Gasteiger partial charge < -0.3 is 9.73 Å². The van der Waals surface area contributed by atoms with E-state index in [0.29, 0.717) is 11.6 Å². The molecule has 1 aromatic heterocycles. The number of amides is 1. The number of rotatable bonds is 3. The lowest BCUT2D eigenvalue weighted by Gasteiger charge is -2.03. The second kappa shape index (κ2) is 5.07. The van der Waals surface area contributed by atoms with Gasteiger partial charge in [0.05, 0.1) is 0 Å². The van der Waals surface area contributed by atoms with E-state index in [1.165, 1.54) is 12.5 Å². The molecule has 86 valence electrons. The summed E-state index contributed by atoms with van der Waals surface area (Å²) >= 11 is 0. The van der Waals surface area contributed by atoms with Gasteiger partial charge in [0.2, 0.25) is 18.2 Å². The molecule has 1 heterocycles. The van der Waals surface area contributed by atoms with Crippen molar-refractivity contribution in [2.45, 2.75) is 6.92 Å². The zero-order valence-electron chi connectivity index (χ0n) is 9.25. The third kappa shape index (κ3) is 2.78. The highest BCUT2D eigenvalue weighted by atomic mass is 16.4. The first-order chi connectivity index (χ1) is 8.29. The summed E-state index contributed by atoms with van der Waals surface area (Å²) < 4.78 is 5.08. The van der Waals surface area contributed by atoms with Crippen molar-refractivity contribution in [3.8, 4) is 11.5 Å². The Morgan fingerprint density at radius 1 is 1.47 bits per heavy atom. The fourth-order valence-electron chi connectivity index (χ4n) is 1.36. The number of nitrogens with zero attached hydrogens (tertiary/aromatic N) is 2. The highest BCUT2D eigenvalue weighted by Crippen LogP contribution is 2.20. The third-order valence-electron chi connectivity index (χ3n) is 2.06. The molecule has 0 aliphatic heterocycles. The summed E-state index contributed by atoms with van der Waals surface area (Å²) in [6.07, 6.45) is 4.40. The molecule has 0 saturated carbocycles. The molecule has 0 bridgehead atoms. The van der Waals surface area contributed by atoms with Gasteiger partial charge >= 0.3 is 0 Å². The summed E-state index contributed by atoms with van der Waals surface area (Å²) in [7, 11) is 0. The highest BCUT2D eigenvalue weighted by Gasteiger charge is 2.04. The number of allylic oxidation sites excluding steroid dienone is 1. The Balaban J connectivity index is 2.20. The maximum Gasteiger partial charge on any atom is 0.248 e. The van der Waals surface area contributed by atoms with Crippen LogP contribution in [0.25, 0.3) is 11.5 Å². The van der Waals surface area contributed by atoms with Gasteiger partial charge in [0, 0.05) is 11.3 Å². The quantitative estimate of drug-likeness (QED) is 0.819. The molecule has 1 N–H and O–H groups in total. The largest absolute Gasteiger partial charge is 0.423 e. The van der Waals surface area contributed by atoms with Gasteiger partial charge in [0.25, 0.3) is 0 Å². The summed E-state index contributed by atoms with van der Waals surface area (Å²) in [5.41, 5.74) is 1.45. The Hall–Kier alpha value is -2.43. The lowest BCUT2D eigenvalue weighted by atomic mass is 10.2. The van der Waals surface area contributed by atoms with Gasteiger partial charge in [-0.05, 0) is 31.2 Å². The van der Waals surface area contributed by atoms with Crippen LogP contribution >= 0.6 is 0 Å². The van der Waals surface area contributed by atoms with Crippen LogP contribution in [-0.4, -0.2) is 16.1 Å². The standard InChI is InChI=1S/C12H11N3O2/c1-2-4-11(16)14-10-6-3-5-9(7-10)12-15-13-8-17-12/h2-8H,1H3,(H,14,16). The summed E-state index contributed by atoms with van der Waals surface area (Å²) in [6.45, 7) is 1.79. The smallest absolute Gasteiger partial charge is 0.248 e. The van der Waals surface area contributed by atoms with Crippen molar-refractivity contribution in [2.75, 3.05) is 5.32 Å². The molecule has 2 rings (SSSR count). The van der Waals surface area contributed by atoms with Crippen LogP contribution in [0.3, 0.4) is 0 Å². The van der Waals surface area contributed by atoms with Gasteiger partial charge in [-0.3, -0.25) is 4.79 Å². The molecular weight excluding hydrogens is 218 g/mol. The molecule has 5 heteroatoms. The number of benzene rings is 1. The summed E-state index contributed by atoms with van der Waals surface area (Å²) in [4.78, 5) is 11.4. The minimum absolute atomic E-state index is 0.171. The molecule has 0 atom stereocenters. The molecule has 0 aliphatic carbocycles. The van der Waals surface area contributed by atoms with E-state index < -0.39 is 0 Å². The van der Waals surface area contributed by atoms with Gasteiger partial charge in [-0.25, -0.2) is 0 Å². The SMILES string of the molecule is CC=CC(=O)Nc1cccc(-c2nnco2)c1. The molecule has 0 fully saturated rings. The molecule has 0 aliphatic rings. The molecule has 0 radical (unpaired) electrons. The predicted octanol–water partition coefficient (Wildman–Crippen LogP) is 2.25. The van der Waals surface area contributed by atoms with Crippen LogP contribution < -0.4 is 5.32 Å². The average molecular weight is 229 g/mol. The molecule has 2 aromatic rings. The first-order valence-electron chi connectivity index (χ1n) is 5.10. The second-order valence-corrected chi connectivity index (χ2v) is 3.31. The van der Waals surface area contributed by atoms with Crippen LogP contribution in [0.1, 0.15) is 6.92 Å². The van der Waals surface area contributed by atoms with Crippen molar-refractivity contribution >= 4 is 11.6 Å². The maximum absolute atomic E-state index is 11.4. The van der Waals surface area contributed by atoms with E-state index in [1.807, 2.05) is 12.1 Å². The molecule has 1 amide bonds. The van der Waals surface area contributed by atoms with Crippen LogP contribution in [0.4, 0.5) is 5.69 Å². The number of nitrogens with one attached hydrogen (secondary N) is 1. The fourth-order valence-corrected chi connectivity index (χ4v) is 1.36. The van der Waals surface area contributed by atoms with Crippen molar-refractivity contribution in [1.29, 1.82) is 0 Å². The molecule has 0 unspecified atom stereocenters. The molecule has 1 aromatic carbocycles. The summed E-state index contributed by atoms with van der Waals surface area (Å²) in [6, 6.07) is 7.21. The topological polar surface area (TPSA) is 68.0 Å². The third-order valence-corrected chi connectivity index (χ3v) is 2.06. The van der Waals surface area contributed by atoms with E-state index >= 15 is 0 Å². The van der Waals surface area contributed by atoms with E-state index in [-0.39, 0.29) is 5.91 Å². The number of carbonyl (C=O) groups excluding carboxylic acids is 1. The minimum atomic E-state index is -0.171. The van der Waals surface area contributed by atoms with Crippen LogP contribution in [0.2, 0.25) is 0 Å². The summed E-state index contributed by atoms with van der Waals surface area (Å²) in [5.74, 6) is 0.252. The van der Waals surface area contributed by atoms with Gasteiger partial charge in [-0.2, -0.15) is 0 Å². The van der Waals surface area contributed by atoms with Crippen molar-refractivity contribution in [3.63, 3.8) is 0 Å². The van der Waals surface area contributed by atoms with Crippen LogP contribution in [-0.2, 0) is 4.79 Å². The van der Waals surface area contributed by atoms with Gasteiger partial charge in [-0.15, -0.1) is 10.2 Å². The predicted molar refractivity (Wildman–Crippen MR) is 63.2 cm³/mol. The van der Waals surface area contributed by atoms with Crippen molar-refractivity contribution in [1.82, 2.24) is 10.2 Å². The first kappa shape index (κ1) is 11.1. The number of aromatic nitrogens is 2. The molecule has 17 heavy (non-hydrogen) atoms. The summed E-state index contributed by atoms with van der Waals surface area (Å²) in [5, 5.41) is 10.1. The van der Waals surface area contributed by atoms with Gasteiger partial charge in [-0.1, -0.05) is 12.1 Å². The molecule has 5 nitrogen and oxygen atoms in total. The number of hydrogen-bond acceptors (Lipinski definition) is 4. The number of anilines is 1. The number of hydrogen-bond donors (Lipinski definition) is 1. The second-order valence-electron chi connectivity index (χ2n) is 3.31. The minimum Gasteiger partial charge on any atom is -0.423 e. The van der Waals surface area contributed by atoms with E-state index in [2.05, 4.69) is 15.5 Å². The average Bonchev–Trinajstić information content (AvgIpc) is 2.83. The lowest BCUT2D eigenvalue weighted by Crippen LogP contribution is -2.07. The Kier molecular flexibility index (Phi) is 3.30. The van der Waals surface area contributed by atoms with E-state index in [1.54, 1.807) is 25.1 Å².